The molecule has 0 unspecified atom stereocenters. The zero-order valence-electron chi connectivity index (χ0n) is 19.1. The van der Waals surface area contributed by atoms with E-state index >= 15 is 0 Å². The molecule has 1 amide bonds. The van der Waals surface area contributed by atoms with E-state index in [1.165, 1.54) is 17.3 Å². The molecule has 0 bridgehead atoms. The van der Waals surface area contributed by atoms with Crippen LogP contribution in [0.1, 0.15) is 25.8 Å². The highest BCUT2D eigenvalue weighted by atomic mass is 35.5. The van der Waals surface area contributed by atoms with Crippen molar-refractivity contribution in [3.63, 3.8) is 0 Å². The molecule has 0 spiro atoms. The van der Waals surface area contributed by atoms with Gasteiger partial charge in [-0.15, -0.1) is 10.2 Å². The maximum Gasteiger partial charge on any atom is 0.233 e. The van der Waals surface area contributed by atoms with E-state index in [2.05, 4.69) is 32.6 Å². The highest BCUT2D eigenvalue weighted by molar-refractivity contribution is 8.00. The number of aromatic nitrogens is 4. The van der Waals surface area contributed by atoms with Gasteiger partial charge in [0.15, 0.2) is 11.0 Å². The normalized spacial score (nSPS) is 12.8. The van der Waals surface area contributed by atoms with Gasteiger partial charge in [-0.05, 0) is 68.7 Å². The number of thioether (sulfide) groups is 1. The molecule has 2 aromatic carbocycles. The quantitative estimate of drug-likeness (QED) is 0.308. The highest BCUT2D eigenvalue weighted by Gasteiger charge is 2.22. The minimum absolute atomic E-state index is 0.0262. The molecule has 6 nitrogen and oxygen atoms in total. The molecule has 8 heteroatoms. The Balaban J connectivity index is 1.48. The van der Waals surface area contributed by atoms with Crippen molar-refractivity contribution in [1.29, 1.82) is 0 Å². The minimum atomic E-state index is -0.347. The molecule has 0 radical (unpaired) electrons. The lowest BCUT2D eigenvalue weighted by molar-refractivity contribution is -0.120. The van der Waals surface area contributed by atoms with Gasteiger partial charge in [-0.2, -0.15) is 0 Å². The van der Waals surface area contributed by atoms with Crippen LogP contribution in [0.5, 0.6) is 0 Å². The predicted molar refractivity (Wildman–Crippen MR) is 137 cm³/mol. The van der Waals surface area contributed by atoms with Gasteiger partial charge in [0.25, 0.3) is 0 Å². The largest absolute Gasteiger partial charge is 0.353 e. The molecule has 0 aliphatic heterocycles. The maximum atomic E-state index is 12.9. The lowest BCUT2D eigenvalue weighted by Crippen LogP contribution is -2.38. The molecule has 0 saturated carbocycles. The van der Waals surface area contributed by atoms with Crippen LogP contribution in [0.2, 0.25) is 5.02 Å². The topological polar surface area (TPSA) is 72.7 Å². The van der Waals surface area contributed by atoms with Crippen molar-refractivity contribution in [3.05, 3.63) is 89.7 Å². The number of benzene rings is 2. The van der Waals surface area contributed by atoms with E-state index in [0.717, 1.165) is 24.1 Å². The molecule has 0 fully saturated rings. The molecule has 174 valence electrons. The number of amides is 1. The molecule has 2 heterocycles. The van der Waals surface area contributed by atoms with Gasteiger partial charge in [-0.25, -0.2) is 0 Å². The first kappa shape index (κ1) is 24.0. The zero-order chi connectivity index (χ0) is 23.9. The number of carbonyl (C=O) groups is 1. The summed E-state index contributed by atoms with van der Waals surface area (Å²) in [6.07, 6.45) is 5.23. The molecule has 0 saturated heterocycles. The van der Waals surface area contributed by atoms with Crippen molar-refractivity contribution < 1.29 is 4.79 Å². The van der Waals surface area contributed by atoms with E-state index in [-0.39, 0.29) is 17.2 Å². The summed E-state index contributed by atoms with van der Waals surface area (Å²) in [5, 5.41) is 12.9. The smallest absolute Gasteiger partial charge is 0.233 e. The van der Waals surface area contributed by atoms with Gasteiger partial charge in [-0.3, -0.25) is 14.3 Å². The fourth-order valence-electron chi connectivity index (χ4n) is 3.53. The number of hydrogen-bond donors (Lipinski definition) is 1. The van der Waals surface area contributed by atoms with Crippen molar-refractivity contribution in [3.8, 4) is 17.1 Å². The third-order valence-electron chi connectivity index (χ3n) is 5.41. The lowest BCUT2D eigenvalue weighted by atomic mass is 10.1. The Bertz CT molecular complexity index is 1220. The van der Waals surface area contributed by atoms with Gasteiger partial charge in [0.05, 0.1) is 5.25 Å². The zero-order valence-corrected chi connectivity index (χ0v) is 20.6. The standard InChI is InChI=1S/C26H26ClN5OS/c1-18(8-9-20-6-4-3-5-7-20)29-25(33)19(2)34-26-31-30-24(21-14-16-28-17-15-21)32(26)23-12-10-22(27)11-13-23/h3-7,10-19H,8-9H2,1-2H3,(H,29,33)/t18-,19+/m0/s1. The summed E-state index contributed by atoms with van der Waals surface area (Å²) in [5.41, 5.74) is 3.02. The van der Waals surface area contributed by atoms with Crippen molar-refractivity contribution in [2.24, 2.45) is 0 Å². The molecule has 4 aromatic rings. The van der Waals surface area contributed by atoms with Gasteiger partial charge >= 0.3 is 0 Å². The molecule has 1 N–H and O–H groups in total. The minimum Gasteiger partial charge on any atom is -0.353 e. The first-order valence-electron chi connectivity index (χ1n) is 11.1. The van der Waals surface area contributed by atoms with Crippen LogP contribution in [0, 0.1) is 0 Å². The summed E-state index contributed by atoms with van der Waals surface area (Å²) < 4.78 is 1.94. The highest BCUT2D eigenvalue weighted by Crippen LogP contribution is 2.30. The van der Waals surface area contributed by atoms with E-state index in [0.29, 0.717) is 16.0 Å². The summed E-state index contributed by atoms with van der Waals surface area (Å²) in [6, 6.07) is 21.6. The number of pyridine rings is 1. The van der Waals surface area contributed by atoms with E-state index < -0.39 is 0 Å². The Hall–Kier alpha value is -3.16. The van der Waals surface area contributed by atoms with E-state index in [1.54, 1.807) is 12.4 Å². The van der Waals surface area contributed by atoms with E-state index in [9.17, 15) is 4.79 Å². The van der Waals surface area contributed by atoms with Crippen molar-refractivity contribution in [1.82, 2.24) is 25.1 Å². The Morgan fingerprint density at radius 1 is 1.00 bits per heavy atom. The van der Waals surface area contributed by atoms with Gasteiger partial charge in [-0.1, -0.05) is 53.7 Å². The molecule has 34 heavy (non-hydrogen) atoms. The van der Waals surface area contributed by atoms with Crippen LogP contribution < -0.4 is 5.32 Å². The Labute approximate surface area is 208 Å². The number of nitrogens with one attached hydrogen (secondary N) is 1. The molecule has 0 aliphatic rings. The Kier molecular flexibility index (Phi) is 7.98. The summed E-state index contributed by atoms with van der Waals surface area (Å²) >= 11 is 7.48. The molecule has 2 atom stereocenters. The number of aryl methyl sites for hydroxylation is 1. The fraction of sp³-hybridized carbons (Fsp3) is 0.231. The van der Waals surface area contributed by atoms with E-state index in [1.807, 2.05) is 73.0 Å². The average Bonchev–Trinajstić information content (AvgIpc) is 3.27. The van der Waals surface area contributed by atoms with Crippen LogP contribution in [0.3, 0.4) is 0 Å². The second-order valence-corrected chi connectivity index (χ2v) is 9.79. The third kappa shape index (κ3) is 6.04. The fourth-order valence-corrected chi connectivity index (χ4v) is 4.53. The van der Waals surface area contributed by atoms with E-state index in [4.69, 9.17) is 11.6 Å². The van der Waals surface area contributed by atoms with Gasteiger partial charge in [0.2, 0.25) is 5.91 Å². The van der Waals surface area contributed by atoms with Crippen LogP contribution in [-0.4, -0.2) is 36.9 Å². The summed E-state index contributed by atoms with van der Waals surface area (Å²) in [6.45, 7) is 3.92. The van der Waals surface area contributed by atoms with Gasteiger partial charge < -0.3 is 5.32 Å². The SMILES string of the molecule is C[C@@H](CCc1ccccc1)NC(=O)[C@@H](C)Sc1nnc(-c2ccncc2)n1-c1ccc(Cl)cc1. The van der Waals surface area contributed by atoms with Crippen LogP contribution in [-0.2, 0) is 11.2 Å². The van der Waals surface area contributed by atoms with Gasteiger partial charge in [0, 0.05) is 34.7 Å². The van der Waals surface area contributed by atoms with Crippen molar-refractivity contribution >= 4 is 29.3 Å². The van der Waals surface area contributed by atoms with Crippen LogP contribution >= 0.6 is 23.4 Å². The Morgan fingerprint density at radius 2 is 1.71 bits per heavy atom. The second kappa shape index (κ2) is 11.3. The summed E-state index contributed by atoms with van der Waals surface area (Å²) in [4.78, 5) is 17.0. The van der Waals surface area contributed by atoms with Crippen molar-refractivity contribution in [2.45, 2.75) is 43.1 Å². The number of rotatable bonds is 9. The number of halogens is 1. The van der Waals surface area contributed by atoms with Crippen molar-refractivity contribution in [2.75, 3.05) is 0 Å². The average molecular weight is 492 g/mol. The monoisotopic (exact) mass is 491 g/mol. The molecule has 2 aromatic heterocycles. The first-order valence-corrected chi connectivity index (χ1v) is 12.4. The van der Waals surface area contributed by atoms with Gasteiger partial charge in [0.1, 0.15) is 0 Å². The molecular weight excluding hydrogens is 466 g/mol. The summed E-state index contributed by atoms with van der Waals surface area (Å²) in [7, 11) is 0. The summed E-state index contributed by atoms with van der Waals surface area (Å²) in [5.74, 6) is 0.651. The maximum absolute atomic E-state index is 12.9. The molecular formula is C26H26ClN5OS. The first-order chi connectivity index (χ1) is 16.5. The number of hydrogen-bond acceptors (Lipinski definition) is 5. The predicted octanol–water partition coefficient (Wildman–Crippen LogP) is 5.60. The Morgan fingerprint density at radius 3 is 2.41 bits per heavy atom. The van der Waals surface area contributed by atoms with Crippen LogP contribution in [0.4, 0.5) is 0 Å². The van der Waals surface area contributed by atoms with Crippen LogP contribution in [0.15, 0.2) is 84.3 Å². The number of carbonyl (C=O) groups excluding carboxylic acids is 1. The number of nitrogens with zero attached hydrogens (tertiary/aromatic N) is 4. The molecule has 4 rings (SSSR count). The third-order valence-corrected chi connectivity index (χ3v) is 6.70. The lowest BCUT2D eigenvalue weighted by Gasteiger charge is -2.18. The molecule has 0 aliphatic carbocycles. The second-order valence-electron chi connectivity index (χ2n) is 8.05. The van der Waals surface area contributed by atoms with Crippen LogP contribution in [0.25, 0.3) is 17.1 Å².